The van der Waals surface area contributed by atoms with E-state index in [0.717, 1.165) is 25.0 Å². The molecule has 0 aliphatic carbocycles. The first-order valence-electron chi connectivity index (χ1n) is 9.91. The number of ether oxygens (including phenoxy) is 1. The van der Waals surface area contributed by atoms with Crippen molar-refractivity contribution in [2.45, 2.75) is 38.7 Å². The lowest BCUT2D eigenvalue weighted by atomic mass is 10.0. The quantitative estimate of drug-likeness (QED) is 0.671. The van der Waals surface area contributed by atoms with Crippen LogP contribution >= 0.6 is 0 Å². The lowest BCUT2D eigenvalue weighted by Gasteiger charge is -2.13. The Labute approximate surface area is 170 Å². The van der Waals surface area contributed by atoms with Crippen molar-refractivity contribution in [1.82, 2.24) is 5.32 Å². The average molecular weight is 394 g/mol. The molecule has 2 N–H and O–H groups in total. The Morgan fingerprint density at radius 2 is 1.79 bits per heavy atom. The minimum Gasteiger partial charge on any atom is -0.376 e. The number of hydrogen-bond acceptors (Lipinski definition) is 4. The Hall–Kier alpha value is -2.99. The highest BCUT2D eigenvalue weighted by Crippen LogP contribution is 2.17. The summed E-state index contributed by atoms with van der Waals surface area (Å²) in [5.74, 6) is -0.639. The van der Waals surface area contributed by atoms with E-state index in [1.54, 1.807) is 36.4 Å². The Morgan fingerprint density at radius 1 is 1.03 bits per heavy atom. The number of benzene rings is 2. The number of hydrogen-bond donors (Lipinski definition) is 2. The number of ketones is 1. The summed E-state index contributed by atoms with van der Waals surface area (Å²) in [4.78, 5) is 37.1. The van der Waals surface area contributed by atoms with Gasteiger partial charge in [-0.05, 0) is 31.9 Å². The van der Waals surface area contributed by atoms with Gasteiger partial charge in [-0.3, -0.25) is 14.4 Å². The Kier molecular flexibility index (Phi) is 7.14. The second-order valence-electron chi connectivity index (χ2n) is 7.23. The zero-order valence-electron chi connectivity index (χ0n) is 16.6. The molecule has 6 nitrogen and oxygen atoms in total. The molecule has 1 unspecified atom stereocenters. The van der Waals surface area contributed by atoms with Crippen LogP contribution in [-0.4, -0.2) is 36.9 Å². The summed E-state index contributed by atoms with van der Waals surface area (Å²) in [5, 5.41) is 5.61. The van der Waals surface area contributed by atoms with Gasteiger partial charge in [0.2, 0.25) is 5.91 Å². The number of nitrogens with one attached hydrogen (secondary N) is 2. The number of rotatable bonds is 8. The van der Waals surface area contributed by atoms with Crippen molar-refractivity contribution in [3.05, 3.63) is 65.2 Å². The van der Waals surface area contributed by atoms with Crippen LogP contribution in [0.1, 0.15) is 52.0 Å². The summed E-state index contributed by atoms with van der Waals surface area (Å²) in [6, 6.07) is 14.1. The summed E-state index contributed by atoms with van der Waals surface area (Å²) in [5.41, 5.74) is 2.50. The summed E-state index contributed by atoms with van der Waals surface area (Å²) in [6.45, 7) is 3.14. The van der Waals surface area contributed by atoms with Gasteiger partial charge in [-0.1, -0.05) is 42.0 Å². The van der Waals surface area contributed by atoms with Gasteiger partial charge in [0.1, 0.15) is 0 Å². The molecule has 0 aromatic heterocycles. The fraction of sp³-hybridized carbons (Fsp3) is 0.348. The maximum atomic E-state index is 12.5. The molecule has 29 heavy (non-hydrogen) atoms. The minimum absolute atomic E-state index is 0.0495. The summed E-state index contributed by atoms with van der Waals surface area (Å²) < 4.78 is 5.51. The first kappa shape index (κ1) is 20.7. The average Bonchev–Trinajstić information content (AvgIpc) is 3.25. The summed E-state index contributed by atoms with van der Waals surface area (Å²) in [7, 11) is 0. The predicted molar refractivity (Wildman–Crippen MR) is 111 cm³/mol. The van der Waals surface area contributed by atoms with Crippen LogP contribution in [0, 0.1) is 6.92 Å². The highest BCUT2D eigenvalue weighted by atomic mass is 16.5. The third-order valence-corrected chi connectivity index (χ3v) is 4.91. The van der Waals surface area contributed by atoms with Gasteiger partial charge in [0.15, 0.2) is 5.78 Å². The molecule has 3 rings (SSSR count). The van der Waals surface area contributed by atoms with Crippen LogP contribution < -0.4 is 10.6 Å². The van der Waals surface area contributed by atoms with Gasteiger partial charge in [0.05, 0.1) is 17.4 Å². The van der Waals surface area contributed by atoms with Crippen molar-refractivity contribution < 1.29 is 19.1 Å². The molecule has 0 saturated carbocycles. The lowest BCUT2D eigenvalue weighted by molar-refractivity contribution is -0.116. The number of amides is 2. The van der Waals surface area contributed by atoms with E-state index < -0.39 is 0 Å². The molecule has 0 radical (unpaired) electrons. The molecule has 2 aromatic carbocycles. The molecule has 2 amide bonds. The molecular weight excluding hydrogens is 368 g/mol. The molecule has 152 valence electrons. The maximum Gasteiger partial charge on any atom is 0.253 e. The molecule has 1 fully saturated rings. The maximum absolute atomic E-state index is 12.5. The lowest BCUT2D eigenvalue weighted by Crippen LogP contribution is -2.32. The van der Waals surface area contributed by atoms with Crippen molar-refractivity contribution >= 4 is 23.3 Å². The van der Waals surface area contributed by atoms with E-state index in [2.05, 4.69) is 10.6 Å². The van der Waals surface area contributed by atoms with E-state index in [-0.39, 0.29) is 36.5 Å². The first-order chi connectivity index (χ1) is 14.0. The van der Waals surface area contributed by atoms with Crippen molar-refractivity contribution in [3.8, 4) is 0 Å². The van der Waals surface area contributed by atoms with Crippen LogP contribution in [0.25, 0.3) is 0 Å². The Bertz CT molecular complexity index is 871. The first-order valence-corrected chi connectivity index (χ1v) is 9.91. The van der Waals surface area contributed by atoms with Gasteiger partial charge >= 0.3 is 0 Å². The highest BCUT2D eigenvalue weighted by Gasteiger charge is 2.18. The van der Waals surface area contributed by atoms with Crippen LogP contribution in [0.15, 0.2) is 48.5 Å². The van der Waals surface area contributed by atoms with Crippen LogP contribution in [0.4, 0.5) is 5.69 Å². The standard InChI is InChI=1S/C23H26N2O4/c1-16-8-10-17(11-9-16)21(26)12-13-22(27)25-20-7-3-2-6-19(20)23(28)24-15-18-5-4-14-29-18/h2-3,6-11,18H,4-5,12-15H2,1H3,(H,24,28)(H,25,27). The number of carbonyl (C=O) groups is 3. The third-order valence-electron chi connectivity index (χ3n) is 4.91. The zero-order chi connectivity index (χ0) is 20.6. The SMILES string of the molecule is Cc1ccc(C(=O)CCC(=O)Nc2ccccc2C(=O)NCC2CCCO2)cc1. The molecule has 0 bridgehead atoms. The van der Waals surface area contributed by atoms with Crippen LogP contribution in [0.2, 0.25) is 0 Å². The summed E-state index contributed by atoms with van der Waals surface area (Å²) in [6.07, 6.45) is 2.16. The monoisotopic (exact) mass is 394 g/mol. The fourth-order valence-corrected chi connectivity index (χ4v) is 3.22. The molecule has 1 atom stereocenters. The number of anilines is 1. The van der Waals surface area contributed by atoms with Gasteiger partial charge in [0, 0.05) is 31.6 Å². The van der Waals surface area contributed by atoms with Crippen LogP contribution in [0.5, 0.6) is 0 Å². The van der Waals surface area contributed by atoms with Gasteiger partial charge in [0.25, 0.3) is 5.91 Å². The van der Waals surface area contributed by atoms with Gasteiger partial charge in [-0.25, -0.2) is 0 Å². The van der Waals surface area contributed by atoms with Crippen molar-refractivity contribution in [2.24, 2.45) is 0 Å². The van der Waals surface area contributed by atoms with E-state index in [4.69, 9.17) is 4.74 Å². The Balaban J connectivity index is 1.53. The molecule has 1 aliphatic rings. The number of carbonyl (C=O) groups excluding carboxylic acids is 3. The van der Waals surface area contributed by atoms with Crippen molar-refractivity contribution in [1.29, 1.82) is 0 Å². The fourth-order valence-electron chi connectivity index (χ4n) is 3.22. The van der Waals surface area contributed by atoms with E-state index in [1.165, 1.54) is 0 Å². The normalized spacial score (nSPS) is 15.7. The third kappa shape index (κ3) is 5.99. The minimum atomic E-state index is -0.301. The zero-order valence-corrected chi connectivity index (χ0v) is 16.6. The van der Waals surface area contributed by atoms with E-state index in [1.807, 2.05) is 19.1 Å². The smallest absolute Gasteiger partial charge is 0.253 e. The molecule has 2 aromatic rings. The number of Topliss-reactive ketones (excluding diaryl/α,β-unsaturated/α-hetero) is 1. The highest BCUT2D eigenvalue weighted by molar-refractivity contribution is 6.05. The van der Waals surface area contributed by atoms with E-state index >= 15 is 0 Å². The topological polar surface area (TPSA) is 84.5 Å². The summed E-state index contributed by atoms with van der Waals surface area (Å²) >= 11 is 0. The number of aryl methyl sites for hydroxylation is 1. The van der Waals surface area contributed by atoms with Crippen molar-refractivity contribution in [2.75, 3.05) is 18.5 Å². The van der Waals surface area contributed by atoms with Gasteiger partial charge in [-0.2, -0.15) is 0 Å². The van der Waals surface area contributed by atoms with Crippen LogP contribution in [0.3, 0.4) is 0 Å². The molecule has 1 aliphatic heterocycles. The largest absolute Gasteiger partial charge is 0.376 e. The Morgan fingerprint density at radius 3 is 2.52 bits per heavy atom. The molecule has 0 spiro atoms. The molecule has 1 heterocycles. The number of para-hydroxylation sites is 1. The van der Waals surface area contributed by atoms with Crippen LogP contribution in [-0.2, 0) is 9.53 Å². The second-order valence-corrected chi connectivity index (χ2v) is 7.23. The molecule has 1 saturated heterocycles. The second kappa shape index (κ2) is 9.98. The molecule has 6 heteroatoms. The van der Waals surface area contributed by atoms with Crippen molar-refractivity contribution in [3.63, 3.8) is 0 Å². The van der Waals surface area contributed by atoms with E-state index in [0.29, 0.717) is 23.4 Å². The predicted octanol–water partition coefficient (Wildman–Crippen LogP) is 3.51. The van der Waals surface area contributed by atoms with Gasteiger partial charge < -0.3 is 15.4 Å². The van der Waals surface area contributed by atoms with Gasteiger partial charge in [-0.15, -0.1) is 0 Å². The van der Waals surface area contributed by atoms with E-state index in [9.17, 15) is 14.4 Å². The molecular formula is C23H26N2O4.